The molecule has 2 aliphatic rings. The molecule has 3 atom stereocenters. The molecule has 2 saturated heterocycles. The van der Waals surface area contributed by atoms with E-state index in [0.717, 1.165) is 28.6 Å². The highest BCUT2D eigenvalue weighted by Crippen LogP contribution is 2.34. The maximum atomic E-state index is 11.8. The number of ether oxygens (including phenoxy) is 1. The van der Waals surface area contributed by atoms with Crippen molar-refractivity contribution in [1.82, 2.24) is 10.6 Å². The SMILES string of the molecule is O=C(NCc1ccsc1Br)NC1CC2CCC1O2. The Balaban J connectivity index is 1.46. The zero-order valence-electron chi connectivity index (χ0n) is 9.82. The molecule has 4 nitrogen and oxygen atoms in total. The van der Waals surface area contributed by atoms with E-state index >= 15 is 0 Å². The Morgan fingerprint density at radius 1 is 1.56 bits per heavy atom. The molecular formula is C12H15BrN2O2S. The molecule has 3 heterocycles. The van der Waals surface area contributed by atoms with Crippen molar-refractivity contribution in [2.75, 3.05) is 0 Å². The Bertz CT molecular complexity index is 451. The molecule has 0 spiro atoms. The lowest BCUT2D eigenvalue weighted by Crippen LogP contribution is -2.46. The molecule has 0 radical (unpaired) electrons. The summed E-state index contributed by atoms with van der Waals surface area (Å²) in [5.41, 5.74) is 1.11. The standard InChI is InChI=1S/C12H15BrN2O2S/c13-11-7(3-4-18-11)6-14-12(16)15-9-5-8-1-2-10(9)17-8/h3-4,8-10H,1-2,5-6H2,(H2,14,15,16). The van der Waals surface area contributed by atoms with Gasteiger partial charge in [0.05, 0.1) is 22.0 Å². The monoisotopic (exact) mass is 330 g/mol. The van der Waals surface area contributed by atoms with Crippen molar-refractivity contribution < 1.29 is 9.53 Å². The Hall–Kier alpha value is -0.590. The van der Waals surface area contributed by atoms with Gasteiger partial charge >= 0.3 is 6.03 Å². The van der Waals surface area contributed by atoms with Crippen LogP contribution in [0.2, 0.25) is 0 Å². The van der Waals surface area contributed by atoms with E-state index in [2.05, 4.69) is 26.6 Å². The van der Waals surface area contributed by atoms with Crippen molar-refractivity contribution in [2.24, 2.45) is 0 Å². The van der Waals surface area contributed by atoms with Gasteiger partial charge in [0.15, 0.2) is 0 Å². The number of hydrogen-bond acceptors (Lipinski definition) is 3. The summed E-state index contributed by atoms with van der Waals surface area (Å²) in [7, 11) is 0. The number of hydrogen-bond donors (Lipinski definition) is 2. The summed E-state index contributed by atoms with van der Waals surface area (Å²) in [6.45, 7) is 0.553. The number of rotatable bonds is 3. The molecule has 6 heteroatoms. The van der Waals surface area contributed by atoms with E-state index in [0.29, 0.717) is 12.6 Å². The fraction of sp³-hybridized carbons (Fsp3) is 0.583. The molecule has 2 N–H and O–H groups in total. The third kappa shape index (κ3) is 2.55. The lowest BCUT2D eigenvalue weighted by atomic mass is 9.96. The summed E-state index contributed by atoms with van der Waals surface area (Å²) < 4.78 is 6.78. The molecule has 2 fully saturated rings. The molecular weight excluding hydrogens is 316 g/mol. The topological polar surface area (TPSA) is 50.4 Å². The van der Waals surface area contributed by atoms with Crippen LogP contribution in [-0.2, 0) is 11.3 Å². The Morgan fingerprint density at radius 3 is 3.06 bits per heavy atom. The van der Waals surface area contributed by atoms with E-state index in [4.69, 9.17) is 4.74 Å². The van der Waals surface area contributed by atoms with Crippen LogP contribution in [0.4, 0.5) is 4.79 Å². The van der Waals surface area contributed by atoms with Gasteiger partial charge in [-0.15, -0.1) is 11.3 Å². The Labute approximate surface area is 118 Å². The van der Waals surface area contributed by atoms with Crippen molar-refractivity contribution in [1.29, 1.82) is 0 Å². The molecule has 98 valence electrons. The summed E-state index contributed by atoms with van der Waals surface area (Å²) in [4.78, 5) is 11.8. The molecule has 2 bridgehead atoms. The van der Waals surface area contributed by atoms with Crippen LogP contribution in [0.5, 0.6) is 0 Å². The van der Waals surface area contributed by atoms with E-state index in [9.17, 15) is 4.79 Å². The van der Waals surface area contributed by atoms with Crippen LogP contribution in [0.3, 0.4) is 0 Å². The zero-order chi connectivity index (χ0) is 12.5. The van der Waals surface area contributed by atoms with Gasteiger partial charge in [0.2, 0.25) is 0 Å². The van der Waals surface area contributed by atoms with Gasteiger partial charge in [-0.25, -0.2) is 4.79 Å². The van der Waals surface area contributed by atoms with Gasteiger partial charge in [0.1, 0.15) is 0 Å². The molecule has 0 saturated carbocycles. The number of carbonyl (C=O) groups is 1. The number of nitrogens with one attached hydrogen (secondary N) is 2. The van der Waals surface area contributed by atoms with Crippen LogP contribution in [0.25, 0.3) is 0 Å². The molecule has 3 unspecified atom stereocenters. The predicted octanol–water partition coefficient (Wildman–Crippen LogP) is 2.63. The summed E-state index contributed by atoms with van der Waals surface area (Å²) in [6, 6.07) is 2.10. The third-order valence-corrected chi connectivity index (χ3v) is 5.37. The summed E-state index contributed by atoms with van der Waals surface area (Å²) in [6.07, 6.45) is 3.78. The van der Waals surface area contributed by atoms with E-state index in [1.807, 2.05) is 11.4 Å². The van der Waals surface area contributed by atoms with Crippen molar-refractivity contribution in [2.45, 2.75) is 44.1 Å². The van der Waals surface area contributed by atoms with E-state index in [1.165, 1.54) is 0 Å². The summed E-state index contributed by atoms with van der Waals surface area (Å²) in [5, 5.41) is 7.89. The quantitative estimate of drug-likeness (QED) is 0.895. The summed E-state index contributed by atoms with van der Waals surface area (Å²) in [5.74, 6) is 0. The normalized spacial score (nSPS) is 29.5. The minimum Gasteiger partial charge on any atom is -0.373 e. The maximum absolute atomic E-state index is 11.8. The second-order valence-corrected chi connectivity index (χ2v) is 7.00. The van der Waals surface area contributed by atoms with Gasteiger partial charge in [-0.1, -0.05) is 0 Å². The van der Waals surface area contributed by atoms with Crippen LogP contribution >= 0.6 is 27.3 Å². The number of halogens is 1. The first-order valence-electron chi connectivity index (χ1n) is 6.14. The lowest BCUT2D eigenvalue weighted by molar-refractivity contribution is 0.0981. The van der Waals surface area contributed by atoms with Gasteiger partial charge in [-0.05, 0) is 52.2 Å². The lowest BCUT2D eigenvalue weighted by Gasteiger charge is -2.20. The van der Waals surface area contributed by atoms with Gasteiger partial charge in [-0.3, -0.25) is 0 Å². The summed E-state index contributed by atoms with van der Waals surface area (Å²) >= 11 is 5.08. The van der Waals surface area contributed by atoms with Gasteiger partial charge < -0.3 is 15.4 Å². The van der Waals surface area contributed by atoms with Crippen molar-refractivity contribution in [3.05, 3.63) is 20.8 Å². The van der Waals surface area contributed by atoms with Crippen LogP contribution in [-0.4, -0.2) is 24.3 Å². The first-order chi connectivity index (χ1) is 8.72. The molecule has 1 aromatic rings. The molecule has 0 aromatic carbocycles. The first-order valence-corrected chi connectivity index (χ1v) is 7.81. The highest BCUT2D eigenvalue weighted by atomic mass is 79.9. The fourth-order valence-corrected chi connectivity index (χ4v) is 3.87. The smallest absolute Gasteiger partial charge is 0.315 e. The minimum atomic E-state index is -0.103. The van der Waals surface area contributed by atoms with Crippen LogP contribution < -0.4 is 10.6 Å². The minimum absolute atomic E-state index is 0.103. The fourth-order valence-electron chi connectivity index (χ4n) is 2.63. The van der Waals surface area contributed by atoms with Crippen molar-refractivity contribution in [3.8, 4) is 0 Å². The second-order valence-electron chi connectivity index (χ2n) is 4.76. The molecule has 0 aliphatic carbocycles. The average Bonchev–Trinajstić information content (AvgIpc) is 3.03. The second kappa shape index (κ2) is 5.19. The molecule has 1 aromatic heterocycles. The van der Waals surface area contributed by atoms with Crippen LogP contribution in [0.1, 0.15) is 24.8 Å². The first kappa shape index (κ1) is 12.4. The van der Waals surface area contributed by atoms with Gasteiger partial charge in [-0.2, -0.15) is 0 Å². The maximum Gasteiger partial charge on any atom is 0.315 e. The molecule has 2 amide bonds. The van der Waals surface area contributed by atoms with E-state index in [1.54, 1.807) is 11.3 Å². The highest BCUT2D eigenvalue weighted by molar-refractivity contribution is 9.11. The number of fused-ring (bicyclic) bond motifs is 2. The number of urea groups is 1. The van der Waals surface area contributed by atoms with E-state index in [-0.39, 0.29) is 18.2 Å². The van der Waals surface area contributed by atoms with Crippen molar-refractivity contribution >= 4 is 33.3 Å². The number of thiophene rings is 1. The molecule has 18 heavy (non-hydrogen) atoms. The van der Waals surface area contributed by atoms with Crippen LogP contribution in [0.15, 0.2) is 15.2 Å². The third-order valence-electron chi connectivity index (χ3n) is 3.56. The molecule has 3 rings (SSSR count). The van der Waals surface area contributed by atoms with E-state index < -0.39 is 0 Å². The Morgan fingerprint density at radius 2 is 2.44 bits per heavy atom. The van der Waals surface area contributed by atoms with Gasteiger partial charge in [0.25, 0.3) is 0 Å². The largest absolute Gasteiger partial charge is 0.373 e. The number of amides is 2. The zero-order valence-corrected chi connectivity index (χ0v) is 12.2. The Kier molecular flexibility index (Phi) is 3.59. The van der Waals surface area contributed by atoms with Gasteiger partial charge in [0, 0.05) is 6.54 Å². The average molecular weight is 331 g/mol. The number of carbonyl (C=O) groups excluding carboxylic acids is 1. The van der Waals surface area contributed by atoms with Crippen molar-refractivity contribution in [3.63, 3.8) is 0 Å². The molecule has 2 aliphatic heterocycles. The van der Waals surface area contributed by atoms with Crippen LogP contribution in [0, 0.1) is 0 Å². The highest BCUT2D eigenvalue weighted by Gasteiger charge is 2.41. The predicted molar refractivity (Wildman–Crippen MR) is 73.7 cm³/mol.